The number of aromatic hydroxyl groups is 1. The zero-order valence-corrected chi connectivity index (χ0v) is 9.29. The van der Waals surface area contributed by atoms with E-state index in [-0.39, 0.29) is 22.8 Å². The van der Waals surface area contributed by atoms with Crippen molar-refractivity contribution >= 4 is 23.0 Å². The molecule has 6 heteroatoms. The molecule has 0 bridgehead atoms. The first-order valence-electron chi connectivity index (χ1n) is 5.17. The Balaban J connectivity index is 3.02. The first-order chi connectivity index (χ1) is 8.61. The molecule has 0 aliphatic carbocycles. The molecule has 0 aliphatic rings. The number of rotatable bonds is 2. The SMILES string of the molecule is NCC(=O)n1c(C=O)c(O)c2ccccc2c1=O. The summed E-state index contributed by atoms with van der Waals surface area (Å²) in [6.07, 6.45) is 0.261. The van der Waals surface area contributed by atoms with Crippen LogP contribution < -0.4 is 11.3 Å². The second-order valence-corrected chi connectivity index (χ2v) is 3.64. The van der Waals surface area contributed by atoms with Crippen molar-refractivity contribution in [3.05, 3.63) is 40.3 Å². The van der Waals surface area contributed by atoms with Crippen molar-refractivity contribution in [2.75, 3.05) is 6.54 Å². The molecule has 3 N–H and O–H groups in total. The van der Waals surface area contributed by atoms with Gasteiger partial charge < -0.3 is 10.8 Å². The molecule has 0 unspecified atom stereocenters. The summed E-state index contributed by atoms with van der Waals surface area (Å²) in [5, 5.41) is 10.3. The number of hydrogen-bond acceptors (Lipinski definition) is 5. The number of aldehydes is 1. The maximum Gasteiger partial charge on any atom is 0.266 e. The number of aromatic nitrogens is 1. The van der Waals surface area contributed by atoms with Gasteiger partial charge >= 0.3 is 0 Å². The number of fused-ring (bicyclic) bond motifs is 1. The molecular formula is C12H10N2O4. The normalized spacial score (nSPS) is 10.5. The minimum Gasteiger partial charge on any atom is -0.505 e. The smallest absolute Gasteiger partial charge is 0.266 e. The van der Waals surface area contributed by atoms with Crippen molar-refractivity contribution in [3.63, 3.8) is 0 Å². The monoisotopic (exact) mass is 246 g/mol. The van der Waals surface area contributed by atoms with Gasteiger partial charge in [-0.3, -0.25) is 14.4 Å². The number of pyridine rings is 1. The first kappa shape index (κ1) is 12.0. The molecule has 0 saturated heterocycles. The summed E-state index contributed by atoms with van der Waals surface area (Å²) in [6, 6.07) is 6.18. The number of carbonyl (C=O) groups is 2. The minimum atomic E-state index is -0.747. The van der Waals surface area contributed by atoms with Crippen molar-refractivity contribution in [2.45, 2.75) is 0 Å². The van der Waals surface area contributed by atoms with Crippen molar-refractivity contribution in [1.29, 1.82) is 0 Å². The molecule has 92 valence electrons. The van der Waals surface area contributed by atoms with E-state index in [2.05, 4.69) is 0 Å². The van der Waals surface area contributed by atoms with Gasteiger partial charge in [0, 0.05) is 5.39 Å². The predicted molar refractivity (Wildman–Crippen MR) is 64.9 cm³/mol. The molecule has 0 saturated carbocycles. The van der Waals surface area contributed by atoms with E-state index < -0.39 is 23.8 Å². The third kappa shape index (κ3) is 1.59. The van der Waals surface area contributed by atoms with Crippen LogP contribution in [0.4, 0.5) is 0 Å². The fourth-order valence-corrected chi connectivity index (χ4v) is 1.80. The zero-order valence-electron chi connectivity index (χ0n) is 9.29. The second kappa shape index (κ2) is 4.42. The van der Waals surface area contributed by atoms with Gasteiger partial charge in [-0.25, -0.2) is 4.57 Å². The fourth-order valence-electron chi connectivity index (χ4n) is 1.80. The van der Waals surface area contributed by atoms with Gasteiger partial charge in [-0.1, -0.05) is 18.2 Å². The summed E-state index contributed by atoms with van der Waals surface area (Å²) >= 11 is 0. The quantitative estimate of drug-likeness (QED) is 0.732. The molecule has 0 radical (unpaired) electrons. The van der Waals surface area contributed by atoms with Crippen molar-refractivity contribution < 1.29 is 14.7 Å². The van der Waals surface area contributed by atoms with Crippen LogP contribution in [0.1, 0.15) is 15.3 Å². The molecular weight excluding hydrogens is 236 g/mol. The molecule has 1 heterocycles. The Morgan fingerprint density at radius 2 is 1.94 bits per heavy atom. The van der Waals surface area contributed by atoms with Crippen molar-refractivity contribution in [3.8, 4) is 5.75 Å². The summed E-state index contributed by atoms with van der Waals surface area (Å²) < 4.78 is 0.602. The molecule has 2 aromatic rings. The number of nitrogens with two attached hydrogens (primary N) is 1. The molecule has 2 rings (SSSR count). The molecule has 0 spiro atoms. The van der Waals surface area contributed by atoms with Gasteiger partial charge in [0.05, 0.1) is 11.9 Å². The average Bonchev–Trinajstić information content (AvgIpc) is 2.41. The second-order valence-electron chi connectivity index (χ2n) is 3.64. The summed E-state index contributed by atoms with van der Waals surface area (Å²) in [6.45, 7) is -0.432. The largest absolute Gasteiger partial charge is 0.505 e. The lowest BCUT2D eigenvalue weighted by molar-refractivity contribution is 0.0905. The summed E-state index contributed by atoms with van der Waals surface area (Å²) in [7, 11) is 0. The minimum absolute atomic E-state index is 0.155. The van der Waals surface area contributed by atoms with Gasteiger partial charge in [-0.2, -0.15) is 0 Å². The van der Waals surface area contributed by atoms with Crippen LogP contribution in [0.3, 0.4) is 0 Å². The van der Waals surface area contributed by atoms with Crippen LogP contribution in [0.5, 0.6) is 5.75 Å². The van der Waals surface area contributed by atoms with Gasteiger partial charge in [0.25, 0.3) is 5.56 Å². The van der Waals surface area contributed by atoms with E-state index in [0.29, 0.717) is 4.57 Å². The lowest BCUT2D eigenvalue weighted by Gasteiger charge is -2.10. The highest BCUT2D eigenvalue weighted by molar-refractivity contribution is 5.98. The Kier molecular flexibility index (Phi) is 2.95. The molecule has 1 aromatic heterocycles. The molecule has 0 fully saturated rings. The average molecular weight is 246 g/mol. The number of hydrogen-bond donors (Lipinski definition) is 2. The first-order valence-corrected chi connectivity index (χ1v) is 5.17. The highest BCUT2D eigenvalue weighted by Crippen LogP contribution is 2.24. The maximum absolute atomic E-state index is 12.1. The van der Waals surface area contributed by atoms with Crippen LogP contribution in [0, 0.1) is 0 Å². The summed E-state index contributed by atoms with van der Waals surface area (Å²) in [4.78, 5) is 34.6. The van der Waals surface area contributed by atoms with Crippen LogP contribution >= 0.6 is 0 Å². The summed E-state index contributed by atoms with van der Waals surface area (Å²) in [5.41, 5.74) is 4.14. The van der Waals surface area contributed by atoms with Crippen LogP contribution in [-0.4, -0.2) is 28.4 Å². The standard InChI is InChI=1S/C12H10N2O4/c13-5-10(16)14-9(6-15)11(17)7-3-1-2-4-8(7)12(14)18/h1-4,6,17H,5,13H2. The van der Waals surface area contributed by atoms with E-state index in [1.807, 2.05) is 0 Å². The van der Waals surface area contributed by atoms with Crippen LogP contribution in [0.2, 0.25) is 0 Å². The fraction of sp³-hybridized carbons (Fsp3) is 0.0833. The van der Waals surface area contributed by atoms with Gasteiger partial charge in [-0.05, 0) is 6.07 Å². The van der Waals surface area contributed by atoms with Gasteiger partial charge in [0.1, 0.15) is 5.69 Å². The number of carbonyl (C=O) groups excluding carboxylic acids is 2. The topological polar surface area (TPSA) is 102 Å². The third-order valence-electron chi connectivity index (χ3n) is 2.63. The van der Waals surface area contributed by atoms with Gasteiger partial charge in [0.2, 0.25) is 5.91 Å². The predicted octanol–water partition coefficient (Wildman–Crippen LogP) is 0.118. The molecule has 1 aromatic carbocycles. The van der Waals surface area contributed by atoms with Crippen LogP contribution in [-0.2, 0) is 0 Å². The zero-order chi connectivity index (χ0) is 13.3. The molecule has 0 amide bonds. The highest BCUT2D eigenvalue weighted by atomic mass is 16.3. The molecule has 6 nitrogen and oxygen atoms in total. The van der Waals surface area contributed by atoms with E-state index in [9.17, 15) is 19.5 Å². The maximum atomic E-state index is 12.1. The Morgan fingerprint density at radius 3 is 2.50 bits per heavy atom. The Hall–Kier alpha value is -2.47. The van der Waals surface area contributed by atoms with Crippen molar-refractivity contribution in [1.82, 2.24) is 4.57 Å². The lowest BCUT2D eigenvalue weighted by Crippen LogP contribution is -2.34. The van der Waals surface area contributed by atoms with Gasteiger partial charge in [0.15, 0.2) is 12.0 Å². The molecule has 0 aliphatic heterocycles. The third-order valence-corrected chi connectivity index (χ3v) is 2.63. The van der Waals surface area contributed by atoms with E-state index >= 15 is 0 Å². The van der Waals surface area contributed by atoms with E-state index in [1.165, 1.54) is 12.1 Å². The summed E-state index contributed by atoms with van der Waals surface area (Å²) in [5.74, 6) is -1.15. The van der Waals surface area contributed by atoms with Crippen LogP contribution in [0.15, 0.2) is 29.1 Å². The Morgan fingerprint density at radius 1 is 1.33 bits per heavy atom. The van der Waals surface area contributed by atoms with E-state index in [4.69, 9.17) is 5.73 Å². The number of nitrogens with zero attached hydrogens (tertiary/aromatic N) is 1. The van der Waals surface area contributed by atoms with Gasteiger partial charge in [-0.15, -0.1) is 0 Å². The number of benzene rings is 1. The lowest BCUT2D eigenvalue weighted by atomic mass is 10.1. The van der Waals surface area contributed by atoms with Crippen LogP contribution in [0.25, 0.3) is 10.8 Å². The Labute approximate surface area is 101 Å². The molecule has 0 atom stereocenters. The van der Waals surface area contributed by atoms with E-state index in [1.54, 1.807) is 12.1 Å². The Bertz CT molecular complexity index is 703. The highest BCUT2D eigenvalue weighted by Gasteiger charge is 2.18. The van der Waals surface area contributed by atoms with E-state index in [0.717, 1.165) is 0 Å². The van der Waals surface area contributed by atoms with Crippen molar-refractivity contribution in [2.24, 2.45) is 5.73 Å². The molecule has 18 heavy (non-hydrogen) atoms.